The minimum atomic E-state index is -0.573. The molecule has 0 bridgehead atoms. The van der Waals surface area contributed by atoms with E-state index in [4.69, 9.17) is 27.9 Å². The van der Waals surface area contributed by atoms with Crippen LogP contribution in [-0.2, 0) is 20.7 Å². The first kappa shape index (κ1) is 17.1. The molecule has 1 aliphatic heterocycles. The Bertz CT molecular complexity index is 560. The first-order chi connectivity index (χ1) is 10.5. The van der Waals surface area contributed by atoms with Gasteiger partial charge in [-0.2, -0.15) is 0 Å². The van der Waals surface area contributed by atoms with Crippen LogP contribution in [0.1, 0.15) is 12.5 Å². The lowest BCUT2D eigenvalue weighted by Gasteiger charge is -2.29. The van der Waals surface area contributed by atoms with E-state index in [1.807, 2.05) is 0 Å². The second kappa shape index (κ2) is 7.81. The van der Waals surface area contributed by atoms with Gasteiger partial charge in [-0.15, -0.1) is 0 Å². The van der Waals surface area contributed by atoms with Crippen LogP contribution in [-0.4, -0.2) is 49.1 Å². The van der Waals surface area contributed by atoms with Crippen molar-refractivity contribution in [3.8, 4) is 0 Å². The molecule has 2 rings (SSSR count). The molecule has 0 saturated carbocycles. The van der Waals surface area contributed by atoms with Crippen LogP contribution in [0, 0.1) is 0 Å². The molecular formula is C15H18Cl2N2O3. The minimum Gasteiger partial charge on any atom is -0.378 e. The van der Waals surface area contributed by atoms with Gasteiger partial charge >= 0.3 is 0 Å². The van der Waals surface area contributed by atoms with Crippen LogP contribution >= 0.6 is 23.2 Å². The highest BCUT2D eigenvalue weighted by molar-refractivity contribution is 6.35. The molecule has 1 N–H and O–H groups in total. The highest BCUT2D eigenvalue weighted by Gasteiger charge is 2.23. The SMILES string of the molecule is C[C@H](NC(=O)Cc1ccc(Cl)cc1Cl)C(=O)N1CCOCC1. The van der Waals surface area contributed by atoms with E-state index < -0.39 is 6.04 Å². The van der Waals surface area contributed by atoms with Gasteiger partial charge in [0.15, 0.2) is 0 Å². The van der Waals surface area contributed by atoms with E-state index in [-0.39, 0.29) is 18.2 Å². The molecule has 0 unspecified atom stereocenters. The molecule has 22 heavy (non-hydrogen) atoms. The van der Waals surface area contributed by atoms with Gasteiger partial charge in [0.1, 0.15) is 6.04 Å². The molecule has 0 radical (unpaired) electrons. The summed E-state index contributed by atoms with van der Waals surface area (Å²) in [6.07, 6.45) is 0.108. The first-order valence-corrected chi connectivity index (χ1v) is 7.83. The van der Waals surface area contributed by atoms with Crippen molar-refractivity contribution < 1.29 is 14.3 Å². The van der Waals surface area contributed by atoms with E-state index >= 15 is 0 Å². The Morgan fingerprint density at radius 3 is 2.64 bits per heavy atom. The lowest BCUT2D eigenvalue weighted by Crippen LogP contribution is -2.50. The number of carbonyl (C=O) groups is 2. The summed E-state index contributed by atoms with van der Waals surface area (Å²) in [4.78, 5) is 26.0. The highest BCUT2D eigenvalue weighted by Crippen LogP contribution is 2.21. The molecular weight excluding hydrogens is 327 g/mol. The van der Waals surface area contributed by atoms with Crippen molar-refractivity contribution in [2.24, 2.45) is 0 Å². The third-order valence-electron chi connectivity index (χ3n) is 3.44. The monoisotopic (exact) mass is 344 g/mol. The Balaban J connectivity index is 1.89. The zero-order chi connectivity index (χ0) is 16.1. The Kier molecular flexibility index (Phi) is 6.06. The molecule has 7 heteroatoms. The fraction of sp³-hybridized carbons (Fsp3) is 0.467. The average Bonchev–Trinajstić information content (AvgIpc) is 2.50. The molecule has 120 valence electrons. The van der Waals surface area contributed by atoms with Crippen molar-refractivity contribution in [3.63, 3.8) is 0 Å². The molecule has 0 aliphatic carbocycles. The van der Waals surface area contributed by atoms with Gasteiger partial charge in [0.25, 0.3) is 0 Å². The third kappa shape index (κ3) is 4.60. The zero-order valence-electron chi connectivity index (χ0n) is 12.3. The topological polar surface area (TPSA) is 58.6 Å². The summed E-state index contributed by atoms with van der Waals surface area (Å²) in [5.41, 5.74) is 0.676. The molecule has 1 heterocycles. The Morgan fingerprint density at radius 2 is 2.00 bits per heavy atom. The van der Waals surface area contributed by atoms with Crippen molar-refractivity contribution in [1.29, 1.82) is 0 Å². The standard InChI is InChI=1S/C15H18Cl2N2O3/c1-10(15(21)19-4-6-22-7-5-19)18-14(20)8-11-2-3-12(16)9-13(11)17/h2-3,9-10H,4-8H2,1H3,(H,18,20)/t10-/m0/s1. The number of benzene rings is 1. The van der Waals surface area contributed by atoms with E-state index in [2.05, 4.69) is 5.32 Å². The number of hydrogen-bond donors (Lipinski definition) is 1. The molecule has 1 atom stereocenters. The maximum Gasteiger partial charge on any atom is 0.245 e. The molecule has 2 amide bonds. The van der Waals surface area contributed by atoms with Crippen molar-refractivity contribution >= 4 is 35.0 Å². The lowest BCUT2D eigenvalue weighted by atomic mass is 10.1. The molecule has 1 saturated heterocycles. The normalized spacial score (nSPS) is 16.2. The number of nitrogens with one attached hydrogen (secondary N) is 1. The van der Waals surface area contributed by atoms with Crippen LogP contribution in [0.4, 0.5) is 0 Å². The van der Waals surface area contributed by atoms with Crippen molar-refractivity contribution in [2.75, 3.05) is 26.3 Å². The smallest absolute Gasteiger partial charge is 0.245 e. The van der Waals surface area contributed by atoms with Gasteiger partial charge in [0, 0.05) is 23.1 Å². The van der Waals surface area contributed by atoms with Gasteiger partial charge in [-0.1, -0.05) is 29.3 Å². The summed E-state index contributed by atoms with van der Waals surface area (Å²) in [5.74, 6) is -0.350. The van der Waals surface area contributed by atoms with Crippen LogP contribution in [0.25, 0.3) is 0 Å². The number of carbonyl (C=O) groups excluding carboxylic acids is 2. The first-order valence-electron chi connectivity index (χ1n) is 7.07. The number of ether oxygens (including phenoxy) is 1. The van der Waals surface area contributed by atoms with Crippen LogP contribution in [0.2, 0.25) is 10.0 Å². The number of hydrogen-bond acceptors (Lipinski definition) is 3. The Morgan fingerprint density at radius 1 is 1.32 bits per heavy atom. The van der Waals surface area contributed by atoms with E-state index in [0.29, 0.717) is 41.9 Å². The number of rotatable bonds is 4. The molecule has 0 aromatic heterocycles. The Labute approximate surface area is 139 Å². The fourth-order valence-electron chi connectivity index (χ4n) is 2.25. The third-order valence-corrected chi connectivity index (χ3v) is 4.02. The van der Waals surface area contributed by atoms with E-state index in [0.717, 1.165) is 0 Å². The molecule has 0 spiro atoms. The summed E-state index contributed by atoms with van der Waals surface area (Å²) in [6, 6.07) is 4.40. The summed E-state index contributed by atoms with van der Waals surface area (Å²) in [7, 11) is 0. The van der Waals surface area contributed by atoms with Crippen molar-refractivity contribution in [3.05, 3.63) is 33.8 Å². The predicted molar refractivity (Wildman–Crippen MR) is 85.2 cm³/mol. The maximum absolute atomic E-state index is 12.2. The predicted octanol–water partition coefficient (Wildman–Crippen LogP) is 1.90. The van der Waals surface area contributed by atoms with Gasteiger partial charge in [-0.3, -0.25) is 9.59 Å². The number of morpholine rings is 1. The van der Waals surface area contributed by atoms with Gasteiger partial charge in [-0.05, 0) is 24.6 Å². The zero-order valence-corrected chi connectivity index (χ0v) is 13.8. The van der Waals surface area contributed by atoms with Gasteiger partial charge < -0.3 is 15.0 Å². The largest absolute Gasteiger partial charge is 0.378 e. The summed E-state index contributed by atoms with van der Waals surface area (Å²) < 4.78 is 5.21. The van der Waals surface area contributed by atoms with Gasteiger partial charge in [0.2, 0.25) is 11.8 Å². The minimum absolute atomic E-state index is 0.0983. The summed E-state index contributed by atoms with van der Waals surface area (Å²) in [5, 5.41) is 3.66. The summed E-state index contributed by atoms with van der Waals surface area (Å²) in [6.45, 7) is 3.86. The second-order valence-electron chi connectivity index (χ2n) is 5.14. The van der Waals surface area contributed by atoms with Crippen molar-refractivity contribution in [1.82, 2.24) is 10.2 Å². The highest BCUT2D eigenvalue weighted by atomic mass is 35.5. The van der Waals surface area contributed by atoms with Crippen LogP contribution < -0.4 is 5.32 Å². The lowest BCUT2D eigenvalue weighted by molar-refractivity contribution is -0.139. The van der Waals surface area contributed by atoms with E-state index in [9.17, 15) is 9.59 Å². The maximum atomic E-state index is 12.2. The Hall–Kier alpha value is -1.30. The molecule has 1 aromatic rings. The van der Waals surface area contributed by atoms with E-state index in [1.165, 1.54) is 0 Å². The van der Waals surface area contributed by atoms with Crippen LogP contribution in [0.15, 0.2) is 18.2 Å². The quantitative estimate of drug-likeness (QED) is 0.907. The second-order valence-corrected chi connectivity index (χ2v) is 5.98. The van der Waals surface area contributed by atoms with Gasteiger partial charge in [0.05, 0.1) is 19.6 Å². The fourth-order valence-corrected chi connectivity index (χ4v) is 2.73. The molecule has 1 fully saturated rings. The molecule has 1 aromatic carbocycles. The number of halogens is 2. The average molecular weight is 345 g/mol. The van der Waals surface area contributed by atoms with E-state index in [1.54, 1.807) is 30.0 Å². The van der Waals surface area contributed by atoms with Crippen LogP contribution in [0.5, 0.6) is 0 Å². The van der Waals surface area contributed by atoms with Crippen molar-refractivity contribution in [2.45, 2.75) is 19.4 Å². The molecule has 1 aliphatic rings. The van der Waals surface area contributed by atoms with Crippen LogP contribution in [0.3, 0.4) is 0 Å². The molecule has 5 nitrogen and oxygen atoms in total. The number of amides is 2. The number of nitrogens with zero attached hydrogens (tertiary/aromatic N) is 1. The van der Waals surface area contributed by atoms with Gasteiger partial charge in [-0.25, -0.2) is 0 Å². The summed E-state index contributed by atoms with van der Waals surface area (Å²) >= 11 is 11.9.